The molecule has 0 unspecified atom stereocenters. The van der Waals surface area contributed by atoms with Gasteiger partial charge in [0.2, 0.25) is 0 Å². The van der Waals surface area contributed by atoms with Gasteiger partial charge in [0, 0.05) is 22.4 Å². The predicted molar refractivity (Wildman–Crippen MR) is 247 cm³/mol. The Morgan fingerprint density at radius 2 is 0.900 bits per heavy atom. The predicted octanol–water partition coefficient (Wildman–Crippen LogP) is 14.4. The summed E-state index contributed by atoms with van der Waals surface area (Å²) in [6.07, 6.45) is 0. The van der Waals surface area contributed by atoms with Gasteiger partial charge < -0.3 is 4.90 Å². The number of nitrogens with zero attached hydrogens (tertiary/aromatic N) is 3. The van der Waals surface area contributed by atoms with Crippen LogP contribution >= 0.6 is 0 Å². The number of hydrogen-bond acceptors (Lipinski definition) is 3. The number of benzene rings is 9. The zero-order chi connectivity index (χ0) is 39.6. The summed E-state index contributed by atoms with van der Waals surface area (Å²) in [6, 6.07) is 81.2. The van der Waals surface area contributed by atoms with E-state index < -0.39 is 5.41 Å². The Balaban J connectivity index is 1.18. The third kappa shape index (κ3) is 5.16. The SMILES string of the molecule is c1ccc(-c2cc(-c3cccc4c3-c3cc(-c5ccc6ccccc6c5)ccc3C43c4ccccc4N(c4ccccc4)c4ccccc43)nc(-c3ccccc3)n2)cc1. The fourth-order valence-electron chi connectivity index (χ4n) is 9.88. The summed E-state index contributed by atoms with van der Waals surface area (Å²) in [7, 11) is 0. The van der Waals surface area contributed by atoms with Crippen LogP contribution in [0.1, 0.15) is 22.3 Å². The maximum atomic E-state index is 5.42. The highest BCUT2D eigenvalue weighted by Crippen LogP contribution is 2.64. The van der Waals surface area contributed by atoms with Crippen LogP contribution in [0.25, 0.3) is 66.9 Å². The van der Waals surface area contributed by atoms with Crippen LogP contribution in [0.3, 0.4) is 0 Å². The number of hydrogen-bond donors (Lipinski definition) is 0. The molecular formula is C57H37N3. The summed E-state index contributed by atoms with van der Waals surface area (Å²) >= 11 is 0. The molecule has 2 aliphatic rings. The van der Waals surface area contributed by atoms with Crippen LogP contribution < -0.4 is 4.90 Å². The van der Waals surface area contributed by atoms with E-state index >= 15 is 0 Å². The molecule has 280 valence electrons. The summed E-state index contributed by atoms with van der Waals surface area (Å²) in [6.45, 7) is 0. The summed E-state index contributed by atoms with van der Waals surface area (Å²) in [5.74, 6) is 0.703. The Kier molecular flexibility index (Phi) is 7.76. The standard InChI is InChI=1S/C57H37N3/c1-4-18-39(19-5-1)51-37-52(59-56(58-51)40-20-6-2-7-21-40)45-25-16-28-50-55(45)46-36-43(42-32-31-38-17-10-11-22-41(38)35-42)33-34-47(46)57(50)48-26-12-14-29-53(48)60(44-23-8-3-9-24-44)54-30-15-13-27-49(54)57/h1-37H. The van der Waals surface area contributed by atoms with E-state index in [0.29, 0.717) is 5.82 Å². The molecule has 9 aromatic carbocycles. The Labute approximate surface area is 349 Å². The lowest BCUT2D eigenvalue weighted by atomic mass is 9.64. The Bertz CT molecular complexity index is 3160. The van der Waals surface area contributed by atoms with Gasteiger partial charge in [0.05, 0.1) is 28.2 Å². The van der Waals surface area contributed by atoms with Crippen molar-refractivity contribution in [3.63, 3.8) is 0 Å². The van der Waals surface area contributed by atoms with Crippen LogP contribution in [-0.2, 0) is 5.41 Å². The second-order valence-corrected chi connectivity index (χ2v) is 15.7. The van der Waals surface area contributed by atoms with Crippen LogP contribution in [-0.4, -0.2) is 9.97 Å². The minimum absolute atomic E-state index is 0.612. The monoisotopic (exact) mass is 763 g/mol. The van der Waals surface area contributed by atoms with Crippen molar-refractivity contribution in [1.29, 1.82) is 0 Å². The molecule has 3 nitrogen and oxygen atoms in total. The molecule has 60 heavy (non-hydrogen) atoms. The number of rotatable bonds is 5. The highest BCUT2D eigenvalue weighted by Gasteiger charge is 2.52. The van der Waals surface area contributed by atoms with Crippen LogP contribution in [0, 0.1) is 0 Å². The average molecular weight is 764 g/mol. The van der Waals surface area contributed by atoms with E-state index in [-0.39, 0.29) is 0 Å². The third-order valence-corrected chi connectivity index (χ3v) is 12.5. The molecule has 3 heteroatoms. The topological polar surface area (TPSA) is 29.0 Å². The largest absolute Gasteiger partial charge is 0.310 e. The van der Waals surface area contributed by atoms with Gasteiger partial charge in [-0.05, 0) is 97.7 Å². The number of fused-ring (bicyclic) bond motifs is 10. The zero-order valence-corrected chi connectivity index (χ0v) is 32.7. The first-order chi connectivity index (χ1) is 29.8. The van der Waals surface area contributed by atoms with Crippen molar-refractivity contribution in [2.24, 2.45) is 0 Å². The van der Waals surface area contributed by atoms with Crippen molar-refractivity contribution in [2.45, 2.75) is 5.41 Å². The first kappa shape index (κ1) is 34.2. The van der Waals surface area contributed by atoms with E-state index in [0.717, 1.165) is 33.8 Å². The van der Waals surface area contributed by atoms with E-state index in [9.17, 15) is 0 Å². The fraction of sp³-hybridized carbons (Fsp3) is 0.0175. The van der Waals surface area contributed by atoms with Gasteiger partial charge in [-0.2, -0.15) is 0 Å². The molecule has 0 bridgehead atoms. The van der Waals surface area contributed by atoms with Gasteiger partial charge >= 0.3 is 0 Å². The molecule has 0 saturated carbocycles. The van der Waals surface area contributed by atoms with E-state index in [1.165, 1.54) is 66.7 Å². The molecule has 0 radical (unpaired) electrons. The number of anilines is 3. The van der Waals surface area contributed by atoms with E-state index in [1.54, 1.807) is 0 Å². The molecule has 0 atom stereocenters. The average Bonchev–Trinajstić information content (AvgIpc) is 3.62. The van der Waals surface area contributed by atoms with Crippen molar-refractivity contribution >= 4 is 27.8 Å². The maximum Gasteiger partial charge on any atom is 0.160 e. The summed E-state index contributed by atoms with van der Waals surface area (Å²) < 4.78 is 0. The molecule has 0 saturated heterocycles. The molecule has 1 aliphatic carbocycles. The van der Waals surface area contributed by atoms with Crippen molar-refractivity contribution in [2.75, 3.05) is 4.90 Å². The van der Waals surface area contributed by atoms with Crippen molar-refractivity contribution in [3.05, 3.63) is 247 Å². The van der Waals surface area contributed by atoms with Gasteiger partial charge in [0.25, 0.3) is 0 Å². The van der Waals surface area contributed by atoms with E-state index in [4.69, 9.17) is 9.97 Å². The van der Waals surface area contributed by atoms with Crippen molar-refractivity contribution < 1.29 is 0 Å². The van der Waals surface area contributed by atoms with E-state index in [1.807, 2.05) is 6.07 Å². The molecule has 0 N–H and O–H groups in total. The van der Waals surface area contributed by atoms with Gasteiger partial charge in [-0.3, -0.25) is 0 Å². The molecule has 1 spiro atoms. The Hall–Kier alpha value is -7.88. The van der Waals surface area contributed by atoms with Crippen molar-refractivity contribution in [3.8, 4) is 56.2 Å². The first-order valence-electron chi connectivity index (χ1n) is 20.6. The highest BCUT2D eigenvalue weighted by molar-refractivity contribution is 6.01. The van der Waals surface area contributed by atoms with E-state index in [2.05, 4.69) is 223 Å². The highest BCUT2D eigenvalue weighted by atomic mass is 15.2. The quantitative estimate of drug-likeness (QED) is 0.175. The second kappa shape index (κ2) is 13.6. The molecule has 0 fully saturated rings. The van der Waals surface area contributed by atoms with Crippen LogP contribution in [0.2, 0.25) is 0 Å². The second-order valence-electron chi connectivity index (χ2n) is 15.7. The third-order valence-electron chi connectivity index (χ3n) is 12.5. The molecule has 1 aliphatic heterocycles. The summed E-state index contributed by atoms with van der Waals surface area (Å²) in [5, 5.41) is 2.46. The van der Waals surface area contributed by atoms with Crippen LogP contribution in [0.4, 0.5) is 17.1 Å². The molecule has 12 rings (SSSR count). The smallest absolute Gasteiger partial charge is 0.160 e. The van der Waals surface area contributed by atoms with Gasteiger partial charge in [-0.15, -0.1) is 0 Å². The molecule has 1 aromatic heterocycles. The lowest BCUT2D eigenvalue weighted by Gasteiger charge is -2.45. The summed E-state index contributed by atoms with van der Waals surface area (Å²) in [5.41, 5.74) is 17.6. The Morgan fingerprint density at radius 3 is 1.63 bits per heavy atom. The van der Waals surface area contributed by atoms with Gasteiger partial charge in [-0.25, -0.2) is 9.97 Å². The molecule has 2 heterocycles. The van der Waals surface area contributed by atoms with Crippen LogP contribution in [0.15, 0.2) is 224 Å². The summed E-state index contributed by atoms with van der Waals surface area (Å²) in [4.78, 5) is 13.0. The number of para-hydroxylation sites is 3. The molecular weight excluding hydrogens is 727 g/mol. The first-order valence-corrected chi connectivity index (χ1v) is 20.6. The van der Waals surface area contributed by atoms with Crippen molar-refractivity contribution in [1.82, 2.24) is 9.97 Å². The minimum Gasteiger partial charge on any atom is -0.310 e. The van der Waals surface area contributed by atoms with Gasteiger partial charge in [0.15, 0.2) is 5.82 Å². The fourth-order valence-corrected chi connectivity index (χ4v) is 9.88. The van der Waals surface area contributed by atoms with Gasteiger partial charge in [0.1, 0.15) is 0 Å². The molecule has 10 aromatic rings. The maximum absolute atomic E-state index is 5.42. The Morgan fingerprint density at radius 1 is 0.333 bits per heavy atom. The zero-order valence-electron chi connectivity index (χ0n) is 32.7. The lowest BCUT2D eigenvalue weighted by Crippen LogP contribution is -2.36. The number of aromatic nitrogens is 2. The lowest BCUT2D eigenvalue weighted by molar-refractivity contribution is 0.753. The molecule has 0 amide bonds. The van der Waals surface area contributed by atoms with Crippen LogP contribution in [0.5, 0.6) is 0 Å². The minimum atomic E-state index is -0.612. The normalized spacial score (nSPS) is 13.1. The van der Waals surface area contributed by atoms with Gasteiger partial charge in [-0.1, -0.05) is 182 Å².